The van der Waals surface area contributed by atoms with Gasteiger partial charge >= 0.3 is 0 Å². The van der Waals surface area contributed by atoms with E-state index >= 15 is 0 Å². The van der Waals surface area contributed by atoms with E-state index in [9.17, 15) is 9.59 Å². The van der Waals surface area contributed by atoms with Gasteiger partial charge in [-0.2, -0.15) is 0 Å². The molecule has 2 atom stereocenters. The van der Waals surface area contributed by atoms with Gasteiger partial charge in [-0.05, 0) is 69.6 Å². The van der Waals surface area contributed by atoms with Crippen molar-refractivity contribution in [3.8, 4) is 0 Å². The number of carbonyl (C=O) groups is 2. The summed E-state index contributed by atoms with van der Waals surface area (Å²) >= 11 is 0. The second-order valence-corrected chi connectivity index (χ2v) is 8.56. The summed E-state index contributed by atoms with van der Waals surface area (Å²) in [5, 5.41) is 0. The van der Waals surface area contributed by atoms with Gasteiger partial charge in [-0.25, -0.2) is 0 Å². The molecule has 0 aromatic heterocycles. The lowest BCUT2D eigenvalue weighted by molar-refractivity contribution is -0.140. The van der Waals surface area contributed by atoms with Crippen LogP contribution in [-0.4, -0.2) is 47.8 Å². The van der Waals surface area contributed by atoms with Crippen molar-refractivity contribution < 1.29 is 9.59 Å². The Balaban J connectivity index is 1.17. The fourth-order valence-electron chi connectivity index (χ4n) is 5.27. The molecule has 2 aliphatic heterocycles. The Morgan fingerprint density at radius 1 is 0.778 bits per heavy atom. The molecule has 4 nitrogen and oxygen atoms in total. The number of carbonyl (C=O) groups excluding carboxylic acids is 2. The first-order chi connectivity index (χ1) is 13.2. The van der Waals surface area contributed by atoms with Gasteiger partial charge in [-0.1, -0.05) is 43.2 Å². The summed E-state index contributed by atoms with van der Waals surface area (Å²) in [6.07, 6.45) is 8.52. The number of fused-ring (bicyclic) bond motifs is 1. The van der Waals surface area contributed by atoms with Gasteiger partial charge in [0.25, 0.3) is 0 Å². The number of nitrogens with zero attached hydrogens (tertiary/aromatic N) is 2. The highest BCUT2D eigenvalue weighted by atomic mass is 16.2. The zero-order chi connectivity index (χ0) is 18.6. The van der Waals surface area contributed by atoms with Crippen molar-refractivity contribution in [1.82, 2.24) is 9.80 Å². The molecule has 4 rings (SSSR count). The predicted molar refractivity (Wildman–Crippen MR) is 106 cm³/mol. The number of imide groups is 1. The lowest BCUT2D eigenvalue weighted by atomic mass is 9.81. The Bertz CT molecular complexity index is 628. The van der Waals surface area contributed by atoms with Crippen molar-refractivity contribution in [2.45, 2.75) is 57.3 Å². The Hall–Kier alpha value is -1.68. The summed E-state index contributed by atoms with van der Waals surface area (Å²) in [7, 11) is 0. The van der Waals surface area contributed by atoms with Crippen molar-refractivity contribution in [2.24, 2.45) is 11.8 Å². The largest absolute Gasteiger partial charge is 0.303 e. The summed E-state index contributed by atoms with van der Waals surface area (Å²) in [5.41, 5.74) is 1.48. The average molecular weight is 369 g/mol. The van der Waals surface area contributed by atoms with Crippen LogP contribution in [0.3, 0.4) is 0 Å². The molecule has 2 saturated heterocycles. The monoisotopic (exact) mass is 368 g/mol. The van der Waals surface area contributed by atoms with E-state index in [4.69, 9.17) is 0 Å². The maximum atomic E-state index is 12.5. The lowest BCUT2D eigenvalue weighted by Gasteiger charge is -2.32. The van der Waals surface area contributed by atoms with Crippen LogP contribution in [0.1, 0.15) is 62.8 Å². The molecule has 0 N–H and O–H groups in total. The summed E-state index contributed by atoms with van der Waals surface area (Å²) in [4.78, 5) is 29.2. The van der Waals surface area contributed by atoms with E-state index in [2.05, 4.69) is 35.2 Å². The number of likely N-dealkylation sites (tertiary alicyclic amines) is 2. The van der Waals surface area contributed by atoms with Gasteiger partial charge in [0.1, 0.15) is 0 Å². The maximum absolute atomic E-state index is 12.5. The highest BCUT2D eigenvalue weighted by molar-refractivity contribution is 6.05. The highest BCUT2D eigenvalue weighted by Gasteiger charge is 2.47. The van der Waals surface area contributed by atoms with Crippen molar-refractivity contribution >= 4 is 11.8 Å². The van der Waals surface area contributed by atoms with Crippen LogP contribution in [0.25, 0.3) is 0 Å². The minimum atomic E-state index is 0.00302. The maximum Gasteiger partial charge on any atom is 0.233 e. The average Bonchev–Trinajstić information content (AvgIpc) is 2.97. The molecule has 146 valence electrons. The summed E-state index contributed by atoms with van der Waals surface area (Å²) < 4.78 is 0. The van der Waals surface area contributed by atoms with Crippen molar-refractivity contribution in [2.75, 3.05) is 26.2 Å². The molecule has 3 fully saturated rings. The fraction of sp³-hybridized carbons (Fsp3) is 0.652. The third-order valence-corrected chi connectivity index (χ3v) is 6.90. The number of piperidine rings is 1. The molecule has 3 aliphatic rings. The number of rotatable bonds is 6. The summed E-state index contributed by atoms with van der Waals surface area (Å²) in [6, 6.07) is 10.9. The van der Waals surface area contributed by atoms with Crippen LogP contribution < -0.4 is 0 Å². The van der Waals surface area contributed by atoms with Crippen LogP contribution >= 0.6 is 0 Å². The molecule has 1 aromatic rings. The quantitative estimate of drug-likeness (QED) is 0.566. The summed E-state index contributed by atoms with van der Waals surface area (Å²) in [5.74, 6) is 0.943. The second-order valence-electron chi connectivity index (χ2n) is 8.56. The number of hydrogen-bond donors (Lipinski definition) is 0. The Morgan fingerprint density at radius 2 is 1.37 bits per heavy atom. The first-order valence-electron chi connectivity index (χ1n) is 10.9. The molecule has 2 amide bonds. The van der Waals surface area contributed by atoms with Gasteiger partial charge in [-0.15, -0.1) is 0 Å². The SMILES string of the molecule is O=C1C2CCCCC2C(=O)N1CCCCN1CCC(c2ccccc2)CC1. The van der Waals surface area contributed by atoms with Gasteiger partial charge in [0, 0.05) is 6.54 Å². The molecule has 0 radical (unpaired) electrons. The first-order valence-corrected chi connectivity index (χ1v) is 10.9. The zero-order valence-electron chi connectivity index (χ0n) is 16.3. The number of hydrogen-bond acceptors (Lipinski definition) is 3. The topological polar surface area (TPSA) is 40.6 Å². The molecule has 0 bridgehead atoms. The molecule has 1 saturated carbocycles. The molecule has 2 unspecified atom stereocenters. The number of benzene rings is 1. The van der Waals surface area contributed by atoms with Gasteiger partial charge in [-0.3, -0.25) is 14.5 Å². The molecule has 2 heterocycles. The van der Waals surface area contributed by atoms with Gasteiger partial charge in [0.05, 0.1) is 11.8 Å². The van der Waals surface area contributed by atoms with Crippen LogP contribution in [0.4, 0.5) is 0 Å². The van der Waals surface area contributed by atoms with E-state index in [-0.39, 0.29) is 23.7 Å². The van der Waals surface area contributed by atoms with E-state index < -0.39 is 0 Å². The third kappa shape index (κ3) is 4.11. The minimum absolute atomic E-state index is 0.00302. The molecule has 27 heavy (non-hydrogen) atoms. The Labute approximate surface area is 162 Å². The van der Waals surface area contributed by atoms with Crippen LogP contribution in [-0.2, 0) is 9.59 Å². The van der Waals surface area contributed by atoms with Crippen LogP contribution in [0.5, 0.6) is 0 Å². The smallest absolute Gasteiger partial charge is 0.233 e. The standard InChI is InChI=1S/C23H32N2O2/c26-22-20-10-4-5-11-21(20)23(27)25(22)15-7-6-14-24-16-12-19(13-17-24)18-8-2-1-3-9-18/h1-3,8-9,19-21H,4-7,10-17H2. The van der Waals surface area contributed by atoms with Crippen LogP contribution in [0, 0.1) is 11.8 Å². The van der Waals surface area contributed by atoms with Crippen molar-refractivity contribution in [3.63, 3.8) is 0 Å². The summed E-state index contributed by atoms with van der Waals surface area (Å²) in [6.45, 7) is 4.03. The third-order valence-electron chi connectivity index (χ3n) is 6.90. The van der Waals surface area contributed by atoms with E-state index in [1.807, 2.05) is 0 Å². The molecule has 1 aromatic carbocycles. The zero-order valence-corrected chi connectivity index (χ0v) is 16.3. The molecule has 1 aliphatic carbocycles. The predicted octanol–water partition coefficient (Wildman–Crippen LogP) is 3.82. The lowest BCUT2D eigenvalue weighted by Crippen LogP contribution is -2.35. The Morgan fingerprint density at radius 3 is 2.00 bits per heavy atom. The minimum Gasteiger partial charge on any atom is -0.303 e. The van der Waals surface area contributed by atoms with Gasteiger partial charge < -0.3 is 4.90 Å². The van der Waals surface area contributed by atoms with E-state index in [0.29, 0.717) is 12.5 Å². The molecule has 4 heteroatoms. The van der Waals surface area contributed by atoms with Crippen molar-refractivity contribution in [3.05, 3.63) is 35.9 Å². The van der Waals surface area contributed by atoms with Crippen LogP contribution in [0.2, 0.25) is 0 Å². The second kappa shape index (κ2) is 8.55. The highest BCUT2D eigenvalue weighted by Crippen LogP contribution is 2.38. The molecular weight excluding hydrogens is 336 g/mol. The van der Waals surface area contributed by atoms with Crippen LogP contribution in [0.15, 0.2) is 30.3 Å². The number of amides is 2. The van der Waals surface area contributed by atoms with E-state index in [0.717, 1.165) is 58.2 Å². The van der Waals surface area contributed by atoms with Gasteiger partial charge in [0.2, 0.25) is 11.8 Å². The normalized spacial score (nSPS) is 27.2. The first kappa shape index (κ1) is 18.7. The van der Waals surface area contributed by atoms with Gasteiger partial charge in [0.15, 0.2) is 0 Å². The number of unbranched alkanes of at least 4 members (excludes halogenated alkanes) is 1. The van der Waals surface area contributed by atoms with Crippen molar-refractivity contribution in [1.29, 1.82) is 0 Å². The Kier molecular flexibility index (Phi) is 5.92. The molecule has 0 spiro atoms. The van der Waals surface area contributed by atoms with E-state index in [1.54, 1.807) is 4.90 Å². The van der Waals surface area contributed by atoms with E-state index in [1.165, 1.54) is 18.4 Å². The molecular formula is C23H32N2O2. The fourth-order valence-corrected chi connectivity index (χ4v) is 5.27.